The average molecular weight is 530 g/mol. The highest BCUT2D eigenvalue weighted by atomic mass is 16.6. The number of fused-ring (bicyclic) bond motifs is 1. The van der Waals surface area contributed by atoms with Gasteiger partial charge in [-0.2, -0.15) is 0 Å². The van der Waals surface area contributed by atoms with Crippen LogP contribution in [0, 0.1) is 0 Å². The lowest BCUT2D eigenvalue weighted by atomic mass is 9.91. The zero-order valence-electron chi connectivity index (χ0n) is 23.6. The molecule has 3 N–H and O–H groups in total. The number of amides is 2. The Kier molecular flexibility index (Phi) is 11.0. The van der Waals surface area contributed by atoms with Gasteiger partial charge in [0.25, 0.3) is 0 Å². The molecule has 38 heavy (non-hydrogen) atoms. The number of carboxylic acids is 1. The van der Waals surface area contributed by atoms with Crippen molar-refractivity contribution >= 4 is 18.0 Å². The van der Waals surface area contributed by atoms with Gasteiger partial charge in [0, 0.05) is 24.5 Å². The van der Waals surface area contributed by atoms with Crippen LogP contribution in [-0.2, 0) is 20.9 Å². The third kappa shape index (κ3) is 9.29. The van der Waals surface area contributed by atoms with E-state index in [4.69, 9.17) is 9.84 Å². The van der Waals surface area contributed by atoms with E-state index in [2.05, 4.69) is 10.6 Å². The summed E-state index contributed by atoms with van der Waals surface area (Å²) in [5, 5.41) is 15.6. The zero-order chi connectivity index (χ0) is 27.7. The molecule has 1 aromatic carbocycles. The predicted molar refractivity (Wildman–Crippen MR) is 148 cm³/mol. The van der Waals surface area contributed by atoms with Crippen LogP contribution < -0.4 is 10.6 Å². The van der Waals surface area contributed by atoms with E-state index >= 15 is 0 Å². The SMILES string of the molecule is C1CCC(NC2CCCCC2)CC1.C[C@H]1c2ccccc2CN(CC(=O)O)C(=O)[C@@H]1NC(=O)OC(C)(C)C. The summed E-state index contributed by atoms with van der Waals surface area (Å²) < 4.78 is 5.25. The van der Waals surface area contributed by atoms with Crippen molar-refractivity contribution in [1.29, 1.82) is 0 Å². The number of ether oxygens (including phenoxy) is 1. The number of nitrogens with one attached hydrogen (secondary N) is 2. The summed E-state index contributed by atoms with van der Waals surface area (Å²) in [6.45, 7) is 6.80. The normalized spacial score (nSPS) is 22.9. The minimum atomic E-state index is -1.10. The molecule has 1 heterocycles. The third-order valence-electron chi connectivity index (χ3n) is 7.66. The molecule has 0 unspecified atom stereocenters. The van der Waals surface area contributed by atoms with Crippen LogP contribution >= 0.6 is 0 Å². The number of rotatable bonds is 5. The van der Waals surface area contributed by atoms with Gasteiger partial charge in [0.1, 0.15) is 18.2 Å². The summed E-state index contributed by atoms with van der Waals surface area (Å²) in [4.78, 5) is 37.4. The summed E-state index contributed by atoms with van der Waals surface area (Å²) in [7, 11) is 0. The molecule has 0 spiro atoms. The quantitative estimate of drug-likeness (QED) is 0.474. The summed E-state index contributed by atoms with van der Waals surface area (Å²) in [5.74, 6) is -1.84. The van der Waals surface area contributed by atoms with E-state index in [0.717, 1.165) is 23.2 Å². The number of carbonyl (C=O) groups is 3. The van der Waals surface area contributed by atoms with Crippen molar-refractivity contribution in [3.05, 3.63) is 35.4 Å². The summed E-state index contributed by atoms with van der Waals surface area (Å²) >= 11 is 0. The zero-order valence-corrected chi connectivity index (χ0v) is 23.6. The lowest BCUT2D eigenvalue weighted by molar-refractivity contribution is -0.145. The minimum Gasteiger partial charge on any atom is -0.480 e. The Morgan fingerprint density at radius 3 is 2.05 bits per heavy atom. The van der Waals surface area contributed by atoms with Gasteiger partial charge in [-0.25, -0.2) is 4.79 Å². The van der Waals surface area contributed by atoms with Crippen molar-refractivity contribution in [3.63, 3.8) is 0 Å². The Labute approximate surface area is 227 Å². The van der Waals surface area contributed by atoms with Crippen molar-refractivity contribution in [2.75, 3.05) is 6.54 Å². The average Bonchev–Trinajstić information content (AvgIpc) is 2.95. The Balaban J connectivity index is 0.000000256. The molecule has 8 heteroatoms. The largest absolute Gasteiger partial charge is 0.480 e. The number of aliphatic carboxylic acids is 1. The molecule has 2 fully saturated rings. The second kappa shape index (κ2) is 14.0. The number of hydrogen-bond donors (Lipinski definition) is 3. The van der Waals surface area contributed by atoms with Crippen LogP contribution in [0.5, 0.6) is 0 Å². The number of carboxylic acid groups (broad SMARTS) is 1. The van der Waals surface area contributed by atoms with E-state index in [-0.39, 0.29) is 12.5 Å². The van der Waals surface area contributed by atoms with Gasteiger partial charge in [0.2, 0.25) is 5.91 Å². The van der Waals surface area contributed by atoms with E-state index in [1.165, 1.54) is 69.1 Å². The first-order valence-corrected chi connectivity index (χ1v) is 14.4. The van der Waals surface area contributed by atoms with Crippen LogP contribution in [0.3, 0.4) is 0 Å². The van der Waals surface area contributed by atoms with Gasteiger partial charge in [-0.15, -0.1) is 0 Å². The van der Waals surface area contributed by atoms with Gasteiger partial charge in [-0.3, -0.25) is 9.59 Å². The van der Waals surface area contributed by atoms with Gasteiger partial charge in [0.05, 0.1) is 0 Å². The predicted octanol–water partition coefficient (Wildman–Crippen LogP) is 5.35. The van der Waals surface area contributed by atoms with Crippen molar-refractivity contribution in [2.24, 2.45) is 0 Å². The Morgan fingerprint density at radius 1 is 0.974 bits per heavy atom. The highest BCUT2D eigenvalue weighted by Crippen LogP contribution is 2.29. The first kappa shape index (κ1) is 29.9. The second-order valence-electron chi connectivity index (χ2n) is 12.0. The van der Waals surface area contributed by atoms with Crippen molar-refractivity contribution in [1.82, 2.24) is 15.5 Å². The number of benzene rings is 1. The fourth-order valence-corrected chi connectivity index (χ4v) is 5.79. The fraction of sp³-hybridized carbons (Fsp3) is 0.700. The summed E-state index contributed by atoms with van der Waals surface area (Å²) in [5.41, 5.74) is 1.09. The van der Waals surface area contributed by atoms with E-state index < -0.39 is 36.2 Å². The lowest BCUT2D eigenvalue weighted by Crippen LogP contribution is -2.51. The van der Waals surface area contributed by atoms with E-state index in [1.54, 1.807) is 20.8 Å². The second-order valence-corrected chi connectivity index (χ2v) is 12.0. The molecule has 3 aliphatic rings. The molecule has 8 nitrogen and oxygen atoms in total. The summed E-state index contributed by atoms with van der Waals surface area (Å²) in [6.07, 6.45) is 13.9. The summed E-state index contributed by atoms with van der Waals surface area (Å²) in [6, 6.07) is 8.31. The molecule has 0 radical (unpaired) electrons. The standard InChI is InChI=1S/C18H24N2O5.C12H23N/c1-11-13-8-6-5-7-12(13)9-20(10-14(21)22)16(23)15(11)19-17(24)25-18(2,3)4;1-3-7-11(8-4-1)13-12-9-5-2-6-10-12/h5-8,11,15H,9-10H2,1-4H3,(H,19,24)(H,21,22);11-13H,1-10H2/t11-,15+;/m0./s1. The van der Waals surface area contributed by atoms with Crippen LogP contribution in [-0.4, -0.2) is 58.2 Å². The van der Waals surface area contributed by atoms with Crippen LogP contribution in [0.4, 0.5) is 4.79 Å². The Hall–Kier alpha value is -2.61. The van der Waals surface area contributed by atoms with Crippen LogP contribution in [0.15, 0.2) is 24.3 Å². The van der Waals surface area contributed by atoms with Gasteiger partial charge in [-0.1, -0.05) is 69.7 Å². The van der Waals surface area contributed by atoms with Gasteiger partial charge < -0.3 is 25.4 Å². The highest BCUT2D eigenvalue weighted by Gasteiger charge is 2.37. The smallest absolute Gasteiger partial charge is 0.408 e. The highest BCUT2D eigenvalue weighted by molar-refractivity contribution is 5.89. The van der Waals surface area contributed by atoms with Gasteiger partial charge >= 0.3 is 12.1 Å². The maximum atomic E-state index is 12.9. The molecular weight excluding hydrogens is 482 g/mol. The van der Waals surface area contributed by atoms with Crippen molar-refractivity contribution < 1.29 is 24.2 Å². The lowest BCUT2D eigenvalue weighted by Gasteiger charge is -2.30. The maximum absolute atomic E-state index is 12.9. The van der Waals surface area contributed by atoms with Crippen LogP contribution in [0.25, 0.3) is 0 Å². The molecule has 2 saturated carbocycles. The molecule has 212 valence electrons. The van der Waals surface area contributed by atoms with Gasteiger partial charge in [0.15, 0.2) is 0 Å². The Morgan fingerprint density at radius 2 is 1.53 bits per heavy atom. The molecule has 0 bridgehead atoms. The van der Waals surface area contributed by atoms with Crippen molar-refractivity contribution in [2.45, 2.75) is 128 Å². The molecule has 1 aromatic rings. The number of nitrogens with zero attached hydrogens (tertiary/aromatic N) is 1. The molecule has 2 atom stereocenters. The molecule has 0 aromatic heterocycles. The fourth-order valence-electron chi connectivity index (χ4n) is 5.79. The van der Waals surface area contributed by atoms with E-state index in [1.807, 2.05) is 31.2 Å². The third-order valence-corrected chi connectivity index (χ3v) is 7.66. The molecule has 1 aliphatic heterocycles. The van der Waals surface area contributed by atoms with Crippen LogP contribution in [0.1, 0.15) is 109 Å². The number of hydrogen-bond acceptors (Lipinski definition) is 5. The maximum Gasteiger partial charge on any atom is 0.408 e. The molecule has 2 amide bonds. The Bertz CT molecular complexity index is 916. The monoisotopic (exact) mass is 529 g/mol. The van der Waals surface area contributed by atoms with E-state index in [0.29, 0.717) is 0 Å². The molecule has 0 saturated heterocycles. The van der Waals surface area contributed by atoms with Crippen molar-refractivity contribution in [3.8, 4) is 0 Å². The minimum absolute atomic E-state index is 0.193. The molecular formula is C30H47N3O5. The van der Waals surface area contributed by atoms with Gasteiger partial charge in [-0.05, 0) is 57.6 Å². The molecule has 2 aliphatic carbocycles. The number of alkyl carbamates (subject to hydrolysis) is 1. The van der Waals surface area contributed by atoms with E-state index in [9.17, 15) is 14.4 Å². The first-order valence-electron chi connectivity index (χ1n) is 14.4. The number of carbonyl (C=O) groups excluding carboxylic acids is 2. The topological polar surface area (TPSA) is 108 Å². The first-order chi connectivity index (χ1) is 18.0. The molecule has 4 rings (SSSR count). The van der Waals surface area contributed by atoms with Crippen LogP contribution in [0.2, 0.25) is 0 Å².